The highest BCUT2D eigenvalue weighted by atomic mass is 32.2. The summed E-state index contributed by atoms with van der Waals surface area (Å²) < 4.78 is 13.9. The van der Waals surface area contributed by atoms with Crippen LogP contribution in [-0.4, -0.2) is 55.8 Å². The maximum absolute atomic E-state index is 9.22. The van der Waals surface area contributed by atoms with E-state index < -0.39 is 11.3 Å². The maximum Gasteiger partial charge on any atom is 0.189 e. The first-order chi connectivity index (χ1) is 18.1. The summed E-state index contributed by atoms with van der Waals surface area (Å²) in [6, 6.07) is 1.94. The second-order valence-corrected chi connectivity index (χ2v) is 13.2. The highest BCUT2D eigenvalue weighted by Gasteiger charge is 2.57. The number of hydrogen-bond acceptors (Lipinski definition) is 10. The molecule has 4 atom stereocenters. The Morgan fingerprint density at radius 1 is 1.21 bits per heavy atom. The molecule has 1 saturated heterocycles. The first-order valence-corrected chi connectivity index (χ1v) is 15.0. The average Bonchev–Trinajstić information content (AvgIpc) is 3.41. The number of aromatic nitrogens is 4. The van der Waals surface area contributed by atoms with Crippen LogP contribution >= 0.6 is 23.1 Å². The van der Waals surface area contributed by atoms with E-state index in [4.69, 9.17) is 24.4 Å². The monoisotopic (exact) mass is 552 g/mol. The fourth-order valence-corrected chi connectivity index (χ4v) is 7.29. The predicted molar refractivity (Wildman–Crippen MR) is 150 cm³/mol. The molecule has 10 nitrogen and oxygen atoms in total. The molecule has 3 aliphatic rings. The summed E-state index contributed by atoms with van der Waals surface area (Å²) >= 11 is 3.16. The number of pyridine rings is 1. The summed E-state index contributed by atoms with van der Waals surface area (Å²) in [6.07, 6.45) is 6.50. The number of aryl methyl sites for hydroxylation is 1. The third-order valence-corrected chi connectivity index (χ3v) is 9.35. The standard InChI is InChI=1S/C26H32N8O2S2/c1-12-17(23-31-19-16(38-23)9-10-28-18(19)13-7-8-13)22(32-24(29-12)37-6)30-15-11-14(25(2,3)33-34-27)20-21(15)36-26(4,5)35-20/h9-10,13-15,20-21H,7-8,11H2,1-6H3,(H,29,30,32)/t14-,15?,20+,21-/m0/s1. The zero-order valence-corrected chi connectivity index (χ0v) is 24.1. The lowest BCUT2D eigenvalue weighted by Gasteiger charge is -2.31. The van der Waals surface area contributed by atoms with Crippen LogP contribution in [0.25, 0.3) is 31.2 Å². The van der Waals surface area contributed by atoms with Crippen LogP contribution in [0.5, 0.6) is 0 Å². The molecule has 0 bridgehead atoms. The van der Waals surface area contributed by atoms with Crippen molar-refractivity contribution in [1.82, 2.24) is 19.9 Å². The molecule has 3 aromatic rings. The van der Waals surface area contributed by atoms with Crippen LogP contribution in [-0.2, 0) is 9.47 Å². The van der Waals surface area contributed by atoms with Crippen LogP contribution in [0, 0.1) is 12.8 Å². The number of thioether (sulfide) groups is 1. The lowest BCUT2D eigenvalue weighted by atomic mass is 9.85. The highest BCUT2D eigenvalue weighted by molar-refractivity contribution is 7.98. The van der Waals surface area contributed by atoms with Crippen LogP contribution in [0.15, 0.2) is 22.5 Å². The van der Waals surface area contributed by atoms with Crippen LogP contribution < -0.4 is 5.32 Å². The molecule has 12 heteroatoms. The van der Waals surface area contributed by atoms with Gasteiger partial charge in [-0.3, -0.25) is 4.98 Å². The normalized spacial score (nSPS) is 26.4. The number of ether oxygens (including phenoxy) is 2. The number of fused-ring (bicyclic) bond motifs is 2. The second-order valence-electron chi connectivity index (χ2n) is 11.4. The van der Waals surface area contributed by atoms with Gasteiger partial charge in [0.1, 0.15) is 22.4 Å². The van der Waals surface area contributed by atoms with Gasteiger partial charge in [0.25, 0.3) is 0 Å². The average molecular weight is 553 g/mol. The molecule has 0 amide bonds. The van der Waals surface area contributed by atoms with Crippen LogP contribution in [0.3, 0.4) is 0 Å². The van der Waals surface area contributed by atoms with Crippen molar-refractivity contribution in [3.63, 3.8) is 0 Å². The topological polar surface area (TPSA) is 131 Å². The molecule has 1 N–H and O–H groups in total. The van der Waals surface area contributed by atoms with Gasteiger partial charge < -0.3 is 14.8 Å². The minimum absolute atomic E-state index is 0.0243. The van der Waals surface area contributed by atoms with E-state index in [1.54, 1.807) is 11.3 Å². The van der Waals surface area contributed by atoms with E-state index in [2.05, 4.69) is 20.3 Å². The molecular formula is C26H32N8O2S2. The van der Waals surface area contributed by atoms with Crippen molar-refractivity contribution >= 4 is 39.1 Å². The Hall–Kier alpha value is -2.50. The van der Waals surface area contributed by atoms with E-state index in [1.807, 2.05) is 53.1 Å². The smallest absolute Gasteiger partial charge is 0.189 e. The summed E-state index contributed by atoms with van der Waals surface area (Å²) in [5.41, 5.74) is 12.4. The molecule has 1 aliphatic heterocycles. The fourth-order valence-electron chi connectivity index (χ4n) is 5.81. The van der Waals surface area contributed by atoms with Crippen molar-refractivity contribution in [1.29, 1.82) is 0 Å². The SMILES string of the molecule is CSc1nc(C)c(-c2nc3c(C4CC4)nccc3s2)c(NC2C[C@H](C(C)(C)N=[N+]=[N-])[C@H]3OC(C)(C)O[C@@H]23)n1. The number of anilines is 1. The Balaban J connectivity index is 1.41. The fraction of sp³-hybridized carbons (Fsp3) is 0.615. The Kier molecular flexibility index (Phi) is 6.31. The van der Waals surface area contributed by atoms with Gasteiger partial charge in [0.15, 0.2) is 10.9 Å². The van der Waals surface area contributed by atoms with Gasteiger partial charge in [0, 0.05) is 28.5 Å². The summed E-state index contributed by atoms with van der Waals surface area (Å²) in [7, 11) is 0. The molecule has 0 radical (unpaired) electrons. The number of nitrogens with one attached hydrogen (secondary N) is 1. The van der Waals surface area contributed by atoms with E-state index in [9.17, 15) is 5.53 Å². The second kappa shape index (κ2) is 9.31. The summed E-state index contributed by atoms with van der Waals surface area (Å²) in [4.78, 5) is 22.5. The zero-order valence-electron chi connectivity index (χ0n) is 22.4. The van der Waals surface area contributed by atoms with E-state index in [0.717, 1.165) is 38.0 Å². The van der Waals surface area contributed by atoms with E-state index >= 15 is 0 Å². The molecule has 0 spiro atoms. The largest absolute Gasteiger partial charge is 0.364 e. The molecule has 6 rings (SSSR count). The molecule has 0 aromatic carbocycles. The molecule has 38 heavy (non-hydrogen) atoms. The summed E-state index contributed by atoms with van der Waals surface area (Å²) in [5.74, 6) is 0.496. The molecule has 200 valence electrons. The van der Waals surface area contributed by atoms with Crippen molar-refractivity contribution in [2.24, 2.45) is 11.0 Å². The lowest BCUT2D eigenvalue weighted by Crippen LogP contribution is -2.38. The number of rotatable bonds is 7. The molecular weight excluding hydrogens is 520 g/mol. The van der Waals surface area contributed by atoms with Crippen molar-refractivity contribution in [3.8, 4) is 10.6 Å². The predicted octanol–water partition coefficient (Wildman–Crippen LogP) is 6.47. The van der Waals surface area contributed by atoms with Crippen LogP contribution in [0.2, 0.25) is 0 Å². The Morgan fingerprint density at radius 3 is 2.68 bits per heavy atom. The Morgan fingerprint density at radius 2 is 1.97 bits per heavy atom. The highest BCUT2D eigenvalue weighted by Crippen LogP contribution is 2.49. The van der Waals surface area contributed by atoms with Gasteiger partial charge in [0.05, 0.1) is 33.8 Å². The summed E-state index contributed by atoms with van der Waals surface area (Å²) in [5, 5.41) is 9.41. The van der Waals surface area contributed by atoms with E-state index in [1.165, 1.54) is 24.6 Å². The Bertz CT molecular complexity index is 1450. The van der Waals surface area contributed by atoms with Crippen LogP contribution in [0.1, 0.15) is 64.3 Å². The molecule has 4 heterocycles. The van der Waals surface area contributed by atoms with E-state index in [0.29, 0.717) is 17.5 Å². The molecule has 3 fully saturated rings. The van der Waals surface area contributed by atoms with Gasteiger partial charge in [-0.2, -0.15) is 0 Å². The van der Waals surface area contributed by atoms with Gasteiger partial charge in [-0.15, -0.1) is 11.3 Å². The quantitative estimate of drug-likeness (QED) is 0.116. The minimum atomic E-state index is -0.728. The van der Waals surface area contributed by atoms with Crippen molar-refractivity contribution in [3.05, 3.63) is 34.1 Å². The molecule has 2 saturated carbocycles. The van der Waals surface area contributed by atoms with Gasteiger partial charge in [-0.25, -0.2) is 15.0 Å². The van der Waals surface area contributed by atoms with Gasteiger partial charge in [-0.05, 0) is 57.9 Å². The Labute approximate surface area is 230 Å². The van der Waals surface area contributed by atoms with Crippen molar-refractivity contribution in [2.75, 3.05) is 11.6 Å². The third kappa shape index (κ3) is 4.52. The van der Waals surface area contributed by atoms with Gasteiger partial charge in [-0.1, -0.05) is 30.7 Å². The number of azide groups is 1. The lowest BCUT2D eigenvalue weighted by molar-refractivity contribution is -0.159. The third-order valence-electron chi connectivity index (χ3n) is 7.76. The number of nitrogens with zero attached hydrogens (tertiary/aromatic N) is 7. The summed E-state index contributed by atoms with van der Waals surface area (Å²) in [6.45, 7) is 9.79. The van der Waals surface area contributed by atoms with E-state index in [-0.39, 0.29) is 24.2 Å². The van der Waals surface area contributed by atoms with Gasteiger partial charge in [0.2, 0.25) is 0 Å². The van der Waals surface area contributed by atoms with Crippen molar-refractivity contribution in [2.45, 2.75) is 94.5 Å². The zero-order chi connectivity index (χ0) is 26.8. The molecule has 3 aromatic heterocycles. The minimum Gasteiger partial charge on any atom is -0.364 e. The number of thiazole rings is 1. The first-order valence-electron chi connectivity index (χ1n) is 13.0. The van der Waals surface area contributed by atoms with Gasteiger partial charge >= 0.3 is 0 Å². The first kappa shape index (κ1) is 25.8. The molecule has 2 aliphatic carbocycles. The van der Waals surface area contributed by atoms with Crippen LogP contribution in [0.4, 0.5) is 5.82 Å². The maximum atomic E-state index is 9.22. The molecule has 1 unspecified atom stereocenters. The van der Waals surface area contributed by atoms with Crippen molar-refractivity contribution < 1.29 is 9.47 Å². The number of hydrogen-bond donors (Lipinski definition) is 1.